The topological polar surface area (TPSA) is 93.5 Å². The van der Waals surface area contributed by atoms with Gasteiger partial charge in [-0.3, -0.25) is 9.59 Å². The number of carbonyl (C=O) groups is 2. The van der Waals surface area contributed by atoms with E-state index in [0.717, 1.165) is 11.3 Å². The number of nitrogens with zero attached hydrogens (tertiary/aromatic N) is 2. The Kier molecular flexibility index (Phi) is 5.35. The van der Waals surface area contributed by atoms with Gasteiger partial charge in [0.2, 0.25) is 0 Å². The predicted molar refractivity (Wildman–Crippen MR) is 88.3 cm³/mol. The summed E-state index contributed by atoms with van der Waals surface area (Å²) in [6.07, 6.45) is 3.41. The van der Waals surface area contributed by atoms with Crippen molar-refractivity contribution in [2.45, 2.75) is 25.8 Å². The van der Waals surface area contributed by atoms with E-state index in [4.69, 9.17) is 9.84 Å². The number of benzene rings is 1. The average molecular weight is 331 g/mol. The lowest BCUT2D eigenvalue weighted by Crippen LogP contribution is -2.50. The molecule has 2 N–H and O–H groups in total. The normalized spacial score (nSPS) is 13.3. The third kappa shape index (κ3) is 4.42. The van der Waals surface area contributed by atoms with E-state index < -0.39 is 11.5 Å². The Balaban J connectivity index is 2.12. The first kappa shape index (κ1) is 17.7. The molecular weight excluding hydrogens is 310 g/mol. The highest BCUT2D eigenvalue weighted by molar-refractivity contribution is 5.95. The van der Waals surface area contributed by atoms with Gasteiger partial charge in [0.1, 0.15) is 0 Å². The van der Waals surface area contributed by atoms with Crippen LogP contribution in [0.1, 0.15) is 29.3 Å². The SMILES string of the molecule is COCC(C)(CC(=O)O)NC(=O)c1ccc(-n2cc(C)cn2)cc1. The number of carboxylic acid groups (broad SMARTS) is 1. The number of amides is 1. The van der Waals surface area contributed by atoms with Crippen LogP contribution < -0.4 is 5.32 Å². The Hall–Kier alpha value is -2.67. The Morgan fingerprint density at radius 3 is 2.50 bits per heavy atom. The van der Waals surface area contributed by atoms with Gasteiger partial charge in [-0.25, -0.2) is 4.68 Å². The van der Waals surface area contributed by atoms with Crippen LogP contribution >= 0.6 is 0 Å². The van der Waals surface area contributed by atoms with Gasteiger partial charge in [0.15, 0.2) is 0 Å². The third-order valence-electron chi connectivity index (χ3n) is 3.53. The van der Waals surface area contributed by atoms with Crippen molar-refractivity contribution in [3.63, 3.8) is 0 Å². The lowest BCUT2D eigenvalue weighted by molar-refractivity contribution is -0.139. The summed E-state index contributed by atoms with van der Waals surface area (Å²) >= 11 is 0. The summed E-state index contributed by atoms with van der Waals surface area (Å²) in [4.78, 5) is 23.4. The summed E-state index contributed by atoms with van der Waals surface area (Å²) in [6.45, 7) is 3.70. The zero-order valence-electron chi connectivity index (χ0n) is 13.9. The van der Waals surface area contributed by atoms with E-state index in [1.807, 2.05) is 13.1 Å². The molecule has 0 spiro atoms. The van der Waals surface area contributed by atoms with Crippen molar-refractivity contribution in [3.05, 3.63) is 47.8 Å². The van der Waals surface area contributed by atoms with E-state index in [1.165, 1.54) is 7.11 Å². The maximum Gasteiger partial charge on any atom is 0.305 e. The molecule has 1 heterocycles. The van der Waals surface area contributed by atoms with Gasteiger partial charge in [0.25, 0.3) is 5.91 Å². The summed E-state index contributed by atoms with van der Waals surface area (Å²) in [5.74, 6) is -1.35. The summed E-state index contributed by atoms with van der Waals surface area (Å²) in [7, 11) is 1.47. The summed E-state index contributed by atoms with van der Waals surface area (Å²) in [5, 5.41) is 16.0. The molecular formula is C17H21N3O4. The number of ether oxygens (including phenoxy) is 1. The summed E-state index contributed by atoms with van der Waals surface area (Å²) in [5.41, 5.74) is 1.34. The van der Waals surface area contributed by atoms with Crippen LogP contribution in [-0.4, -0.2) is 46.0 Å². The van der Waals surface area contributed by atoms with Gasteiger partial charge >= 0.3 is 5.97 Å². The number of rotatable bonds is 7. The maximum absolute atomic E-state index is 12.4. The smallest absolute Gasteiger partial charge is 0.305 e. The number of aryl methyl sites for hydroxylation is 1. The quantitative estimate of drug-likeness (QED) is 0.807. The molecule has 1 aromatic carbocycles. The minimum atomic E-state index is -1.00. The molecule has 1 amide bonds. The second-order valence-corrected chi connectivity index (χ2v) is 6.03. The molecule has 2 aromatic rings. The highest BCUT2D eigenvalue weighted by Crippen LogP contribution is 2.14. The van der Waals surface area contributed by atoms with E-state index >= 15 is 0 Å². The van der Waals surface area contributed by atoms with Crippen LogP contribution in [-0.2, 0) is 9.53 Å². The number of aliphatic carboxylic acids is 1. The van der Waals surface area contributed by atoms with Gasteiger partial charge in [0, 0.05) is 18.9 Å². The predicted octanol–water partition coefficient (Wildman–Crippen LogP) is 1.79. The Morgan fingerprint density at radius 1 is 1.33 bits per heavy atom. The Bertz CT molecular complexity index is 724. The molecule has 0 fully saturated rings. The number of nitrogens with one attached hydrogen (secondary N) is 1. The molecule has 0 aliphatic heterocycles. The van der Waals surface area contributed by atoms with Crippen LogP contribution in [0.25, 0.3) is 5.69 Å². The standard InChI is InChI=1S/C17H21N3O4/c1-12-9-18-20(10-12)14-6-4-13(5-7-14)16(23)19-17(2,11-24-3)8-15(21)22/h4-7,9-10H,8,11H2,1-3H3,(H,19,23)(H,21,22). The first-order chi connectivity index (χ1) is 11.3. The maximum atomic E-state index is 12.4. The van der Waals surface area contributed by atoms with E-state index in [9.17, 15) is 9.59 Å². The second-order valence-electron chi connectivity index (χ2n) is 6.03. The van der Waals surface area contributed by atoms with E-state index in [0.29, 0.717) is 5.56 Å². The molecule has 1 unspecified atom stereocenters. The number of aromatic nitrogens is 2. The minimum absolute atomic E-state index is 0.107. The van der Waals surface area contributed by atoms with Gasteiger partial charge < -0.3 is 15.2 Å². The average Bonchev–Trinajstić information content (AvgIpc) is 2.93. The van der Waals surface area contributed by atoms with E-state index in [1.54, 1.807) is 42.1 Å². The third-order valence-corrected chi connectivity index (χ3v) is 3.53. The molecule has 0 saturated carbocycles. The van der Waals surface area contributed by atoms with Crippen LogP contribution in [0.2, 0.25) is 0 Å². The Labute approximate surface area is 140 Å². The molecule has 0 bridgehead atoms. The lowest BCUT2D eigenvalue weighted by atomic mass is 9.98. The fourth-order valence-corrected chi connectivity index (χ4v) is 2.45. The van der Waals surface area contributed by atoms with Gasteiger partial charge in [0.05, 0.1) is 30.5 Å². The molecule has 7 nitrogen and oxygen atoms in total. The van der Waals surface area contributed by atoms with Crippen molar-refractivity contribution in [1.29, 1.82) is 0 Å². The number of hydrogen-bond donors (Lipinski definition) is 2. The fourth-order valence-electron chi connectivity index (χ4n) is 2.45. The Morgan fingerprint density at radius 2 is 2.00 bits per heavy atom. The molecule has 0 aliphatic rings. The number of carboxylic acids is 1. The lowest BCUT2D eigenvalue weighted by Gasteiger charge is -2.28. The van der Waals surface area contributed by atoms with Crippen LogP contribution in [0.5, 0.6) is 0 Å². The number of carbonyl (C=O) groups excluding carboxylic acids is 1. The van der Waals surface area contributed by atoms with Crippen molar-refractivity contribution in [2.75, 3.05) is 13.7 Å². The first-order valence-corrected chi connectivity index (χ1v) is 7.48. The molecule has 0 saturated heterocycles. The van der Waals surface area contributed by atoms with Gasteiger partial charge in [-0.2, -0.15) is 5.10 Å². The van der Waals surface area contributed by atoms with Crippen LogP contribution in [0.15, 0.2) is 36.7 Å². The monoisotopic (exact) mass is 331 g/mol. The van der Waals surface area contributed by atoms with Crippen molar-refractivity contribution >= 4 is 11.9 Å². The van der Waals surface area contributed by atoms with E-state index in [2.05, 4.69) is 10.4 Å². The van der Waals surface area contributed by atoms with Crippen molar-refractivity contribution in [1.82, 2.24) is 15.1 Å². The van der Waals surface area contributed by atoms with Gasteiger partial charge in [-0.15, -0.1) is 0 Å². The molecule has 0 aliphatic carbocycles. The van der Waals surface area contributed by atoms with Gasteiger partial charge in [-0.1, -0.05) is 0 Å². The van der Waals surface area contributed by atoms with Crippen LogP contribution in [0, 0.1) is 6.92 Å². The molecule has 1 atom stereocenters. The van der Waals surface area contributed by atoms with Gasteiger partial charge in [-0.05, 0) is 43.7 Å². The number of hydrogen-bond acceptors (Lipinski definition) is 4. The molecule has 24 heavy (non-hydrogen) atoms. The molecule has 1 aromatic heterocycles. The number of methoxy groups -OCH3 is 1. The summed E-state index contributed by atoms with van der Waals surface area (Å²) < 4.78 is 6.75. The summed E-state index contributed by atoms with van der Waals surface area (Å²) in [6, 6.07) is 6.92. The van der Waals surface area contributed by atoms with Crippen LogP contribution in [0.4, 0.5) is 0 Å². The second kappa shape index (κ2) is 7.27. The van der Waals surface area contributed by atoms with E-state index in [-0.39, 0.29) is 18.9 Å². The van der Waals surface area contributed by atoms with Crippen molar-refractivity contribution < 1.29 is 19.4 Å². The zero-order valence-corrected chi connectivity index (χ0v) is 13.9. The largest absolute Gasteiger partial charge is 0.481 e. The fraction of sp³-hybridized carbons (Fsp3) is 0.353. The zero-order chi connectivity index (χ0) is 17.7. The molecule has 7 heteroatoms. The van der Waals surface area contributed by atoms with Crippen molar-refractivity contribution in [2.24, 2.45) is 0 Å². The molecule has 0 radical (unpaired) electrons. The highest BCUT2D eigenvalue weighted by atomic mass is 16.5. The highest BCUT2D eigenvalue weighted by Gasteiger charge is 2.29. The van der Waals surface area contributed by atoms with Crippen molar-refractivity contribution in [3.8, 4) is 5.69 Å². The first-order valence-electron chi connectivity index (χ1n) is 7.48. The minimum Gasteiger partial charge on any atom is -0.481 e. The van der Waals surface area contributed by atoms with Crippen LogP contribution in [0.3, 0.4) is 0 Å². The molecule has 128 valence electrons. The molecule has 2 rings (SSSR count).